The molecule has 32 heavy (non-hydrogen) atoms. The molecule has 1 radical (unpaired) electrons. The molecule has 1 aromatic heterocycles. The molecular weight excluding hydrogens is 461 g/mol. The molecule has 1 unspecified atom stereocenters. The van der Waals surface area contributed by atoms with E-state index < -0.39 is 31.0 Å². The van der Waals surface area contributed by atoms with E-state index in [4.69, 9.17) is 4.74 Å². The van der Waals surface area contributed by atoms with E-state index in [1.54, 1.807) is 18.2 Å². The number of methoxy groups -OCH3 is 1. The molecule has 11 heteroatoms. The van der Waals surface area contributed by atoms with Crippen molar-refractivity contribution in [3.8, 4) is 5.75 Å². The summed E-state index contributed by atoms with van der Waals surface area (Å²) in [7, 11) is 1.57. The maximum absolute atomic E-state index is 11.6. The fourth-order valence-electron chi connectivity index (χ4n) is 4.47. The minimum Gasteiger partial charge on any atom is -0.496 e. The van der Waals surface area contributed by atoms with Gasteiger partial charge in [0.25, 0.3) is 0 Å². The van der Waals surface area contributed by atoms with E-state index in [9.17, 15) is 29.7 Å². The van der Waals surface area contributed by atoms with Gasteiger partial charge in [0, 0.05) is 36.0 Å². The van der Waals surface area contributed by atoms with Crippen molar-refractivity contribution in [2.24, 2.45) is 0 Å². The monoisotopic (exact) mass is 492 g/mol. The van der Waals surface area contributed by atoms with Gasteiger partial charge < -0.3 is 20.1 Å². The summed E-state index contributed by atoms with van der Waals surface area (Å²) in [6.45, 7) is 2.90. The Morgan fingerprint density at radius 2 is 1.44 bits per heavy atom. The molecule has 1 fully saturated rings. The Hall–Kier alpha value is -2.20. The van der Waals surface area contributed by atoms with Crippen LogP contribution >= 0.6 is 0 Å². The molecule has 1 heterocycles. The normalized spacial score (nSPS) is 18.3. The molecule has 1 aliphatic carbocycles. The third kappa shape index (κ3) is 7.44. The summed E-state index contributed by atoms with van der Waals surface area (Å²) in [5, 5.41) is 28.1. The van der Waals surface area contributed by atoms with Crippen LogP contribution in [0, 0.1) is 13.8 Å². The van der Waals surface area contributed by atoms with E-state index in [0.29, 0.717) is 24.3 Å². The summed E-state index contributed by atoms with van der Waals surface area (Å²) in [6, 6.07) is -0.690. The van der Waals surface area contributed by atoms with Gasteiger partial charge in [-0.15, -0.1) is 0 Å². The fraction of sp³-hybridized carbons (Fsp3) is 0.619. The van der Waals surface area contributed by atoms with Crippen molar-refractivity contribution in [3.63, 3.8) is 0 Å². The molecule has 10 nitrogen and oxygen atoms in total. The van der Waals surface area contributed by atoms with E-state index in [-0.39, 0.29) is 42.2 Å². The number of rotatable bonds is 11. The van der Waals surface area contributed by atoms with Crippen LogP contribution < -0.4 is 4.74 Å². The Morgan fingerprint density at radius 1 is 0.969 bits per heavy atom. The van der Waals surface area contributed by atoms with Crippen molar-refractivity contribution in [2.45, 2.75) is 58.2 Å². The Bertz CT molecular complexity index is 805. The zero-order valence-electron chi connectivity index (χ0n) is 18.6. The molecule has 0 aromatic carbocycles. The zero-order chi connectivity index (χ0) is 23.1. The summed E-state index contributed by atoms with van der Waals surface area (Å²) in [6.07, 6.45) is 4.61. The van der Waals surface area contributed by atoms with Gasteiger partial charge in [-0.25, -0.2) is 0 Å². The summed E-state index contributed by atoms with van der Waals surface area (Å²) >= 11 is 0. The molecule has 0 saturated heterocycles. The number of aliphatic carboxylic acids is 3. The van der Waals surface area contributed by atoms with Crippen LogP contribution in [0.4, 0.5) is 0 Å². The molecule has 1 saturated carbocycles. The van der Waals surface area contributed by atoms with Crippen molar-refractivity contribution < 1.29 is 51.5 Å². The Morgan fingerprint density at radius 3 is 1.91 bits per heavy atom. The van der Waals surface area contributed by atoms with Crippen molar-refractivity contribution in [1.82, 2.24) is 14.8 Å². The average Bonchev–Trinajstić information content (AvgIpc) is 2.68. The molecule has 0 aliphatic heterocycles. The second-order valence-electron chi connectivity index (χ2n) is 7.96. The summed E-state index contributed by atoms with van der Waals surface area (Å²) in [5.74, 6) is -2.55. The third-order valence-corrected chi connectivity index (χ3v) is 5.75. The number of hydrogen-bond acceptors (Lipinski definition) is 7. The summed E-state index contributed by atoms with van der Waals surface area (Å²) in [5.41, 5.74) is 2.37. The van der Waals surface area contributed by atoms with E-state index in [2.05, 4.69) is 4.98 Å². The number of carbonyl (C=O) groups is 3. The van der Waals surface area contributed by atoms with Gasteiger partial charge in [-0.3, -0.25) is 29.2 Å². The van der Waals surface area contributed by atoms with Gasteiger partial charge in [-0.1, -0.05) is 12.8 Å². The van der Waals surface area contributed by atoms with Crippen LogP contribution in [-0.4, -0.2) is 86.8 Å². The second-order valence-corrected chi connectivity index (χ2v) is 7.96. The number of pyridine rings is 1. The van der Waals surface area contributed by atoms with Gasteiger partial charge >= 0.3 is 35.0 Å². The van der Waals surface area contributed by atoms with Crippen molar-refractivity contribution in [1.29, 1.82) is 0 Å². The first-order valence-corrected chi connectivity index (χ1v) is 10.3. The molecule has 2 atom stereocenters. The number of aryl methyl sites for hydroxylation is 1. The molecule has 3 N–H and O–H groups in total. The zero-order valence-corrected chi connectivity index (χ0v) is 19.8. The van der Waals surface area contributed by atoms with E-state index in [1.165, 1.54) is 4.90 Å². The number of carboxylic acids is 3. The first-order valence-electron chi connectivity index (χ1n) is 10.3. The number of ether oxygens (including phenoxy) is 1. The van der Waals surface area contributed by atoms with Crippen LogP contribution in [0.1, 0.15) is 42.5 Å². The molecular formula is C21H31MnN3O7+2. The maximum Gasteiger partial charge on any atom is 2.00 e. The van der Waals surface area contributed by atoms with Gasteiger partial charge in [0.15, 0.2) is 0 Å². The number of aromatic nitrogens is 1. The third-order valence-electron chi connectivity index (χ3n) is 5.75. The number of hydrogen-bond donors (Lipinski definition) is 3. The first kappa shape index (κ1) is 27.8. The van der Waals surface area contributed by atoms with Crippen molar-refractivity contribution >= 4 is 17.9 Å². The molecule has 0 spiro atoms. The van der Waals surface area contributed by atoms with Crippen LogP contribution in [0.3, 0.4) is 0 Å². The summed E-state index contributed by atoms with van der Waals surface area (Å²) in [4.78, 5) is 42.0. The second kappa shape index (κ2) is 12.7. The quantitative estimate of drug-likeness (QED) is 0.388. The van der Waals surface area contributed by atoms with Crippen molar-refractivity contribution in [2.75, 3.05) is 26.7 Å². The Labute approximate surface area is 198 Å². The molecule has 0 amide bonds. The minimum absolute atomic E-state index is 0. The average molecular weight is 492 g/mol. The molecule has 177 valence electrons. The van der Waals surface area contributed by atoms with Crippen LogP contribution in [0.15, 0.2) is 6.20 Å². The van der Waals surface area contributed by atoms with Crippen LogP contribution in [-0.2, 0) is 38.0 Å². The van der Waals surface area contributed by atoms with Gasteiger partial charge in [-0.05, 0) is 26.7 Å². The van der Waals surface area contributed by atoms with E-state index >= 15 is 0 Å². The Kier molecular flexibility index (Phi) is 11.1. The fourth-order valence-corrected chi connectivity index (χ4v) is 4.47. The molecule has 1 aliphatic rings. The summed E-state index contributed by atoms with van der Waals surface area (Å²) < 4.78 is 5.46. The van der Waals surface area contributed by atoms with Crippen LogP contribution in [0.25, 0.3) is 0 Å². The Balaban J connectivity index is 0.00000512. The van der Waals surface area contributed by atoms with Crippen LogP contribution in [0.2, 0.25) is 0 Å². The predicted octanol–water partition coefficient (Wildman–Crippen LogP) is 1.37. The van der Waals surface area contributed by atoms with E-state index in [0.717, 1.165) is 24.0 Å². The molecule has 1 aromatic rings. The standard InChI is InChI=1S/C21H31N3O7.Mn/c1-13-8-22-15(14(2)21(13)31-3)9-23(10-18(25)26)16-6-4-5-7-17(16)24(11-19(27)28)12-20(29)30;/h8,16-17H,4-7,9-12H2,1-3H3,(H,25,26)(H,27,28)(H,29,30);/q;+2/t16-,17?;/m0./s1. The maximum atomic E-state index is 11.6. The molecule has 2 rings (SSSR count). The van der Waals surface area contributed by atoms with Gasteiger partial charge in [0.05, 0.1) is 32.4 Å². The van der Waals surface area contributed by atoms with Gasteiger partial charge in [0.1, 0.15) is 5.75 Å². The van der Waals surface area contributed by atoms with Crippen LogP contribution in [0.5, 0.6) is 5.75 Å². The SMILES string of the molecule is COc1c(C)cnc(CN(CC(=O)O)[C@H]2CCCCC2N(CC(=O)O)CC(=O)O)c1C.[Mn+2]. The van der Waals surface area contributed by atoms with Gasteiger partial charge in [-0.2, -0.15) is 0 Å². The smallest absolute Gasteiger partial charge is 0.496 e. The van der Waals surface area contributed by atoms with E-state index in [1.807, 2.05) is 13.8 Å². The predicted molar refractivity (Wildman–Crippen MR) is 111 cm³/mol. The number of nitrogens with zero attached hydrogens (tertiary/aromatic N) is 3. The van der Waals surface area contributed by atoms with Crippen molar-refractivity contribution in [3.05, 3.63) is 23.0 Å². The molecule has 0 bridgehead atoms. The largest absolute Gasteiger partial charge is 2.00 e. The first-order chi connectivity index (χ1) is 14.6. The minimum atomic E-state index is -1.11. The number of carboxylic acid groups (broad SMARTS) is 3. The topological polar surface area (TPSA) is 140 Å². The van der Waals surface area contributed by atoms with Gasteiger partial charge in [0.2, 0.25) is 0 Å².